The van der Waals surface area contributed by atoms with E-state index in [0.29, 0.717) is 12.2 Å². The summed E-state index contributed by atoms with van der Waals surface area (Å²) < 4.78 is 13.8. The lowest BCUT2D eigenvalue weighted by atomic mass is 10.0. The number of rotatable bonds is 5. The van der Waals surface area contributed by atoms with Crippen LogP contribution < -0.4 is 10.2 Å². The first-order valence-corrected chi connectivity index (χ1v) is 7.94. The van der Waals surface area contributed by atoms with E-state index in [-0.39, 0.29) is 17.3 Å². The van der Waals surface area contributed by atoms with Gasteiger partial charge in [0, 0.05) is 31.7 Å². The Kier molecular flexibility index (Phi) is 5.40. The van der Waals surface area contributed by atoms with Crippen LogP contribution in [-0.2, 0) is 4.79 Å². The molecule has 0 aliphatic carbocycles. The number of amides is 1. The van der Waals surface area contributed by atoms with E-state index in [4.69, 9.17) is 0 Å². The van der Waals surface area contributed by atoms with Gasteiger partial charge in [-0.25, -0.2) is 4.39 Å². The second-order valence-corrected chi connectivity index (χ2v) is 6.50. The van der Waals surface area contributed by atoms with Crippen LogP contribution in [0, 0.1) is 5.82 Å². The lowest BCUT2D eigenvalue weighted by molar-refractivity contribution is -0.123. The lowest BCUT2D eigenvalue weighted by Gasteiger charge is -2.36. The van der Waals surface area contributed by atoms with Gasteiger partial charge in [0.2, 0.25) is 5.91 Å². The van der Waals surface area contributed by atoms with Crippen LogP contribution in [0.15, 0.2) is 24.3 Å². The fourth-order valence-electron chi connectivity index (χ4n) is 2.56. The first-order chi connectivity index (χ1) is 10.4. The first kappa shape index (κ1) is 16.7. The molecule has 1 aliphatic heterocycles. The zero-order valence-corrected chi connectivity index (χ0v) is 13.7. The van der Waals surface area contributed by atoms with Gasteiger partial charge in [0.1, 0.15) is 5.82 Å². The van der Waals surface area contributed by atoms with E-state index in [1.807, 2.05) is 30.9 Å². The van der Waals surface area contributed by atoms with Crippen molar-refractivity contribution in [1.82, 2.24) is 10.2 Å². The van der Waals surface area contributed by atoms with Crippen molar-refractivity contribution < 1.29 is 9.18 Å². The molecule has 1 aromatic carbocycles. The highest BCUT2D eigenvalue weighted by Crippen LogP contribution is 2.20. The summed E-state index contributed by atoms with van der Waals surface area (Å²) in [4.78, 5) is 16.2. The molecule has 0 atom stereocenters. The third-order valence-electron chi connectivity index (χ3n) is 4.29. The third-order valence-corrected chi connectivity index (χ3v) is 4.29. The molecule has 1 heterocycles. The minimum Gasteiger partial charge on any atom is -0.367 e. The summed E-state index contributed by atoms with van der Waals surface area (Å²) in [5.74, 6) is -0.121. The van der Waals surface area contributed by atoms with Gasteiger partial charge < -0.3 is 10.2 Å². The predicted molar refractivity (Wildman–Crippen MR) is 87.6 cm³/mol. The van der Waals surface area contributed by atoms with E-state index in [1.165, 1.54) is 6.07 Å². The summed E-state index contributed by atoms with van der Waals surface area (Å²) in [6.45, 7) is 9.56. The normalized spacial score (nSPS) is 16.6. The Bertz CT molecular complexity index is 510. The smallest absolute Gasteiger partial charge is 0.234 e. The quantitative estimate of drug-likeness (QED) is 0.906. The minimum atomic E-state index is -0.182. The molecule has 1 aliphatic rings. The van der Waals surface area contributed by atoms with Crippen molar-refractivity contribution in [1.29, 1.82) is 0 Å². The van der Waals surface area contributed by atoms with Gasteiger partial charge in [-0.15, -0.1) is 0 Å². The molecule has 2 rings (SSSR count). The Balaban J connectivity index is 1.83. The summed E-state index contributed by atoms with van der Waals surface area (Å²) in [7, 11) is 0. The number of anilines is 1. The second kappa shape index (κ2) is 7.09. The number of nitrogens with one attached hydrogen (secondary N) is 1. The van der Waals surface area contributed by atoms with Crippen LogP contribution in [-0.4, -0.2) is 49.1 Å². The van der Waals surface area contributed by atoms with Crippen molar-refractivity contribution in [3.05, 3.63) is 30.1 Å². The molecule has 0 bridgehead atoms. The summed E-state index contributed by atoms with van der Waals surface area (Å²) in [6.07, 6.45) is 0.903. The molecule has 1 amide bonds. The van der Waals surface area contributed by atoms with E-state index in [0.717, 1.165) is 32.6 Å². The van der Waals surface area contributed by atoms with Crippen LogP contribution in [0.3, 0.4) is 0 Å². The van der Waals surface area contributed by atoms with E-state index in [1.54, 1.807) is 6.07 Å². The largest absolute Gasteiger partial charge is 0.367 e. The molecule has 0 saturated carbocycles. The van der Waals surface area contributed by atoms with Crippen LogP contribution in [0.2, 0.25) is 0 Å². The zero-order valence-electron chi connectivity index (χ0n) is 13.7. The van der Waals surface area contributed by atoms with Crippen molar-refractivity contribution >= 4 is 11.6 Å². The second-order valence-electron chi connectivity index (χ2n) is 6.50. The number of hydrogen-bond acceptors (Lipinski definition) is 3. The van der Waals surface area contributed by atoms with Gasteiger partial charge >= 0.3 is 0 Å². The number of halogens is 1. The van der Waals surface area contributed by atoms with Crippen LogP contribution >= 0.6 is 0 Å². The Labute approximate surface area is 132 Å². The Morgan fingerprint density at radius 3 is 2.45 bits per heavy atom. The molecule has 5 heteroatoms. The van der Waals surface area contributed by atoms with Gasteiger partial charge in [0.05, 0.1) is 12.2 Å². The van der Waals surface area contributed by atoms with Gasteiger partial charge in [-0.1, -0.05) is 19.1 Å². The molecule has 0 radical (unpaired) electrons. The fraction of sp³-hybridized carbons (Fsp3) is 0.588. The number of carbonyl (C=O) groups excluding carboxylic acids is 1. The molecule has 0 unspecified atom stereocenters. The third kappa shape index (κ3) is 4.44. The Morgan fingerprint density at radius 1 is 1.23 bits per heavy atom. The van der Waals surface area contributed by atoms with Crippen molar-refractivity contribution in [2.45, 2.75) is 32.7 Å². The van der Waals surface area contributed by atoms with E-state index < -0.39 is 0 Å². The number of carbonyl (C=O) groups is 1. The molecule has 0 aromatic heterocycles. The molecular weight excluding hydrogens is 281 g/mol. The molecule has 1 N–H and O–H groups in total. The predicted octanol–water partition coefficient (Wildman–Crippen LogP) is 2.25. The first-order valence-electron chi connectivity index (χ1n) is 7.94. The minimum absolute atomic E-state index is 0.0613. The highest BCUT2D eigenvalue weighted by atomic mass is 19.1. The van der Waals surface area contributed by atoms with Crippen LogP contribution in [0.25, 0.3) is 0 Å². The molecule has 4 nitrogen and oxygen atoms in total. The number of para-hydroxylation sites is 1. The van der Waals surface area contributed by atoms with Gasteiger partial charge in [0.25, 0.3) is 0 Å². The van der Waals surface area contributed by atoms with E-state index in [2.05, 4.69) is 17.1 Å². The number of nitrogens with zero attached hydrogens (tertiary/aromatic N) is 2. The van der Waals surface area contributed by atoms with Crippen LogP contribution in [0.5, 0.6) is 0 Å². The van der Waals surface area contributed by atoms with Crippen LogP contribution in [0.4, 0.5) is 10.1 Å². The average Bonchev–Trinajstić information content (AvgIpc) is 2.48. The van der Waals surface area contributed by atoms with Gasteiger partial charge in [-0.3, -0.25) is 9.69 Å². The van der Waals surface area contributed by atoms with Gasteiger partial charge in [-0.05, 0) is 32.4 Å². The maximum atomic E-state index is 13.8. The maximum absolute atomic E-state index is 13.8. The Hall–Kier alpha value is -1.62. The van der Waals surface area contributed by atoms with Crippen molar-refractivity contribution in [3.63, 3.8) is 0 Å². The number of hydrogen-bond donors (Lipinski definition) is 1. The summed E-state index contributed by atoms with van der Waals surface area (Å²) in [5.41, 5.74) is 0.491. The number of piperazine rings is 1. The molecule has 1 saturated heterocycles. The zero-order chi connectivity index (χ0) is 16.2. The highest BCUT2D eigenvalue weighted by molar-refractivity contribution is 5.78. The van der Waals surface area contributed by atoms with Gasteiger partial charge in [0.15, 0.2) is 0 Å². The Morgan fingerprint density at radius 2 is 1.86 bits per heavy atom. The average molecular weight is 307 g/mol. The fourth-order valence-corrected chi connectivity index (χ4v) is 2.56. The maximum Gasteiger partial charge on any atom is 0.234 e. The summed E-state index contributed by atoms with van der Waals surface area (Å²) in [6, 6.07) is 6.85. The highest BCUT2D eigenvalue weighted by Gasteiger charge is 2.23. The molecule has 122 valence electrons. The van der Waals surface area contributed by atoms with Crippen molar-refractivity contribution in [2.24, 2.45) is 0 Å². The van der Waals surface area contributed by atoms with Crippen LogP contribution in [0.1, 0.15) is 27.2 Å². The van der Waals surface area contributed by atoms with E-state index in [9.17, 15) is 9.18 Å². The number of benzene rings is 1. The van der Waals surface area contributed by atoms with E-state index >= 15 is 0 Å². The standard InChI is InChI=1S/C17H26FN3O/c1-4-17(2,3)19-16(22)13-20-9-11-21(12-10-20)15-8-6-5-7-14(15)18/h5-8H,4,9-13H2,1-3H3,(H,19,22). The molecule has 1 aromatic rings. The van der Waals surface area contributed by atoms with Crippen molar-refractivity contribution in [3.8, 4) is 0 Å². The monoisotopic (exact) mass is 307 g/mol. The molecule has 1 fully saturated rings. The SMILES string of the molecule is CCC(C)(C)NC(=O)CN1CCN(c2ccccc2F)CC1. The molecular formula is C17H26FN3O. The summed E-state index contributed by atoms with van der Waals surface area (Å²) in [5, 5.41) is 3.05. The topological polar surface area (TPSA) is 35.6 Å². The van der Waals surface area contributed by atoms with Crippen molar-refractivity contribution in [2.75, 3.05) is 37.6 Å². The summed E-state index contributed by atoms with van der Waals surface area (Å²) >= 11 is 0. The molecule has 22 heavy (non-hydrogen) atoms. The lowest BCUT2D eigenvalue weighted by Crippen LogP contribution is -2.52. The van der Waals surface area contributed by atoms with Gasteiger partial charge in [-0.2, -0.15) is 0 Å². The molecule has 0 spiro atoms.